The fourth-order valence-electron chi connectivity index (χ4n) is 4.06. The van der Waals surface area contributed by atoms with Crippen LogP contribution in [0.3, 0.4) is 0 Å². The summed E-state index contributed by atoms with van der Waals surface area (Å²) in [5.74, 6) is 0.772. The van der Waals surface area contributed by atoms with E-state index in [1.54, 1.807) is 0 Å². The number of rotatable bonds is 3. The van der Waals surface area contributed by atoms with Gasteiger partial charge >= 0.3 is 0 Å². The Morgan fingerprint density at radius 1 is 1.17 bits per heavy atom. The Kier molecular flexibility index (Phi) is 4.16. The Balaban J connectivity index is 1.55. The van der Waals surface area contributed by atoms with E-state index in [-0.39, 0.29) is 11.7 Å². The first kappa shape index (κ1) is 15.8. The van der Waals surface area contributed by atoms with Gasteiger partial charge in [-0.05, 0) is 55.6 Å². The lowest BCUT2D eigenvalue weighted by atomic mass is 9.87. The van der Waals surface area contributed by atoms with Gasteiger partial charge in [-0.15, -0.1) is 5.10 Å². The number of aryl methyl sites for hydroxylation is 1. The Bertz CT molecular complexity index is 842. The lowest BCUT2D eigenvalue weighted by Gasteiger charge is -2.21. The van der Waals surface area contributed by atoms with Gasteiger partial charge in [0, 0.05) is 12.1 Å². The quantitative estimate of drug-likeness (QED) is 0.858. The zero-order valence-corrected chi connectivity index (χ0v) is 14.6. The van der Waals surface area contributed by atoms with Crippen molar-refractivity contribution in [2.24, 2.45) is 5.92 Å². The molecule has 0 radical (unpaired) electrons. The highest BCUT2D eigenvalue weighted by molar-refractivity contribution is 7.91. The summed E-state index contributed by atoms with van der Waals surface area (Å²) in [5.41, 5.74) is 4.95. The molecule has 1 aliphatic carbocycles. The molecular weight excluding hydrogens is 322 g/mol. The van der Waals surface area contributed by atoms with Crippen LogP contribution < -0.4 is 0 Å². The second-order valence-electron chi connectivity index (χ2n) is 7.10. The summed E-state index contributed by atoms with van der Waals surface area (Å²) in [7, 11) is -2.87. The van der Waals surface area contributed by atoms with Crippen molar-refractivity contribution in [1.29, 1.82) is 0 Å². The van der Waals surface area contributed by atoms with Gasteiger partial charge in [0.2, 0.25) is 0 Å². The van der Waals surface area contributed by atoms with Crippen LogP contribution in [0.1, 0.15) is 36.8 Å². The van der Waals surface area contributed by atoms with Crippen LogP contribution >= 0.6 is 0 Å². The molecule has 0 saturated carbocycles. The van der Waals surface area contributed by atoms with Gasteiger partial charge in [-0.25, -0.2) is 8.42 Å². The number of nitrogens with zero attached hydrogens (tertiary/aromatic N) is 3. The highest BCUT2D eigenvalue weighted by Crippen LogP contribution is 2.30. The van der Waals surface area contributed by atoms with Crippen LogP contribution in [0.15, 0.2) is 24.4 Å². The van der Waals surface area contributed by atoms with Crippen molar-refractivity contribution in [2.75, 3.05) is 11.5 Å². The van der Waals surface area contributed by atoms with E-state index in [0.717, 1.165) is 31.4 Å². The maximum absolute atomic E-state index is 11.8. The normalized spacial score (nSPS) is 22.9. The number of aromatic nitrogens is 3. The first-order valence-corrected chi connectivity index (χ1v) is 10.6. The Labute approximate surface area is 143 Å². The fraction of sp³-hybridized carbons (Fsp3) is 0.556. The van der Waals surface area contributed by atoms with E-state index in [1.807, 2.05) is 10.9 Å². The van der Waals surface area contributed by atoms with Crippen LogP contribution in [-0.2, 0) is 29.2 Å². The molecule has 128 valence electrons. The summed E-state index contributed by atoms with van der Waals surface area (Å²) >= 11 is 0. The zero-order chi connectivity index (χ0) is 16.6. The highest BCUT2D eigenvalue weighted by atomic mass is 32.2. The summed E-state index contributed by atoms with van der Waals surface area (Å²) in [6.07, 6.45) is 8.45. The minimum Gasteiger partial charge on any atom is -0.252 e. The fourth-order valence-corrected chi connectivity index (χ4v) is 5.82. The van der Waals surface area contributed by atoms with E-state index >= 15 is 0 Å². The lowest BCUT2D eigenvalue weighted by Crippen LogP contribution is -2.28. The van der Waals surface area contributed by atoms with E-state index in [4.69, 9.17) is 0 Å². The van der Waals surface area contributed by atoms with E-state index in [9.17, 15) is 8.42 Å². The maximum Gasteiger partial charge on any atom is 0.150 e. The van der Waals surface area contributed by atoms with E-state index in [0.29, 0.717) is 12.3 Å². The molecule has 2 aromatic rings. The number of fused-ring (bicyclic) bond motifs is 1. The van der Waals surface area contributed by atoms with Crippen molar-refractivity contribution in [1.82, 2.24) is 15.0 Å². The molecule has 0 amide bonds. The summed E-state index contributed by atoms with van der Waals surface area (Å²) < 4.78 is 25.4. The third kappa shape index (κ3) is 3.24. The summed E-state index contributed by atoms with van der Waals surface area (Å²) in [6, 6.07) is 6.45. The van der Waals surface area contributed by atoms with Crippen LogP contribution in [0, 0.1) is 5.92 Å². The van der Waals surface area contributed by atoms with Crippen molar-refractivity contribution in [2.45, 2.75) is 45.1 Å². The first-order valence-electron chi connectivity index (χ1n) is 8.82. The summed E-state index contributed by atoms with van der Waals surface area (Å²) in [5, 5.41) is 8.62. The van der Waals surface area contributed by atoms with Gasteiger partial charge in [0.25, 0.3) is 0 Å². The summed E-state index contributed by atoms with van der Waals surface area (Å²) in [4.78, 5) is 0. The molecule has 1 aliphatic heterocycles. The minimum atomic E-state index is -2.87. The van der Waals surface area contributed by atoms with Gasteiger partial charge in [-0.2, -0.15) is 0 Å². The van der Waals surface area contributed by atoms with Crippen molar-refractivity contribution >= 4 is 9.84 Å². The third-order valence-corrected chi connectivity index (χ3v) is 7.10. The molecule has 24 heavy (non-hydrogen) atoms. The third-order valence-electron chi connectivity index (χ3n) is 5.21. The average molecular weight is 345 g/mol. The van der Waals surface area contributed by atoms with E-state index in [1.165, 1.54) is 29.5 Å². The lowest BCUT2D eigenvalue weighted by molar-refractivity contribution is 0.400. The molecule has 1 aromatic heterocycles. The zero-order valence-electron chi connectivity index (χ0n) is 13.8. The number of benzene rings is 1. The van der Waals surface area contributed by atoms with Crippen LogP contribution in [0.4, 0.5) is 0 Å². The summed E-state index contributed by atoms with van der Waals surface area (Å²) in [6.45, 7) is 0.640. The molecule has 2 aliphatic rings. The van der Waals surface area contributed by atoms with Gasteiger partial charge in [-0.1, -0.05) is 23.4 Å². The second kappa shape index (κ2) is 6.31. The smallest absolute Gasteiger partial charge is 0.150 e. The van der Waals surface area contributed by atoms with E-state index in [2.05, 4.69) is 28.5 Å². The number of sulfone groups is 1. The monoisotopic (exact) mass is 345 g/mol. The molecule has 6 heteroatoms. The van der Waals surface area contributed by atoms with Gasteiger partial charge in [0.1, 0.15) is 5.69 Å². The van der Waals surface area contributed by atoms with Crippen LogP contribution in [0.25, 0.3) is 11.3 Å². The maximum atomic E-state index is 11.8. The minimum absolute atomic E-state index is 0.156. The standard InChI is InChI=1S/C18H23N3O2S/c22-24(23)10-4-5-14(13-24)11-21-12-18(19-20-21)17-9-3-7-15-6-1-2-8-16(15)17/h3,7,9,12,14H,1-2,4-6,8,10-11,13H2. The Morgan fingerprint density at radius 3 is 2.92 bits per heavy atom. The molecular formula is C18H23N3O2S. The predicted molar refractivity (Wildman–Crippen MR) is 93.5 cm³/mol. The number of hydrogen-bond acceptors (Lipinski definition) is 4. The second-order valence-corrected chi connectivity index (χ2v) is 9.33. The molecule has 2 heterocycles. The number of hydrogen-bond donors (Lipinski definition) is 0. The molecule has 1 aromatic carbocycles. The van der Waals surface area contributed by atoms with Crippen molar-refractivity contribution in [3.63, 3.8) is 0 Å². The Hall–Kier alpha value is -1.69. The predicted octanol–water partition coefficient (Wildman–Crippen LogP) is 2.65. The van der Waals surface area contributed by atoms with Gasteiger partial charge in [-0.3, -0.25) is 4.68 Å². The molecule has 1 unspecified atom stereocenters. The SMILES string of the molecule is O=S1(=O)CCCC(Cn2cc(-c3cccc4c3CCCC4)nn2)C1. The highest BCUT2D eigenvalue weighted by Gasteiger charge is 2.25. The van der Waals surface area contributed by atoms with Crippen molar-refractivity contribution in [3.05, 3.63) is 35.5 Å². The molecule has 1 atom stereocenters. The molecule has 4 rings (SSSR count). The van der Waals surface area contributed by atoms with Crippen LogP contribution in [-0.4, -0.2) is 34.9 Å². The van der Waals surface area contributed by atoms with Gasteiger partial charge in [0.05, 0.1) is 17.7 Å². The van der Waals surface area contributed by atoms with Crippen LogP contribution in [0.2, 0.25) is 0 Å². The van der Waals surface area contributed by atoms with Crippen molar-refractivity contribution in [3.8, 4) is 11.3 Å². The molecule has 1 saturated heterocycles. The van der Waals surface area contributed by atoms with E-state index < -0.39 is 9.84 Å². The first-order chi connectivity index (χ1) is 11.6. The van der Waals surface area contributed by atoms with Crippen LogP contribution in [0.5, 0.6) is 0 Å². The molecule has 1 fully saturated rings. The largest absolute Gasteiger partial charge is 0.252 e. The Morgan fingerprint density at radius 2 is 2.04 bits per heavy atom. The topological polar surface area (TPSA) is 64.8 Å². The molecule has 0 bridgehead atoms. The van der Waals surface area contributed by atoms with Gasteiger partial charge in [0.15, 0.2) is 9.84 Å². The van der Waals surface area contributed by atoms with Gasteiger partial charge < -0.3 is 0 Å². The van der Waals surface area contributed by atoms with Crippen molar-refractivity contribution < 1.29 is 8.42 Å². The molecule has 0 N–H and O–H groups in total. The molecule has 5 nitrogen and oxygen atoms in total. The average Bonchev–Trinajstić information content (AvgIpc) is 3.01. The molecule has 0 spiro atoms.